The number of esters is 2. The van der Waals surface area contributed by atoms with Crippen LogP contribution in [0.3, 0.4) is 0 Å². The van der Waals surface area contributed by atoms with Crippen LogP contribution in [0.15, 0.2) is 71.4 Å². The van der Waals surface area contributed by atoms with Gasteiger partial charge in [0.15, 0.2) is 5.70 Å². The number of rotatable bonds is 5. The minimum Gasteiger partial charge on any atom is -0.422 e. The third kappa shape index (κ3) is 4.65. The van der Waals surface area contributed by atoms with Crippen molar-refractivity contribution >= 4 is 95.6 Å². The second-order valence-electron chi connectivity index (χ2n) is 8.69. The van der Waals surface area contributed by atoms with Gasteiger partial charge in [0, 0.05) is 37.9 Å². The molecule has 198 valence electrons. The molecule has 0 unspecified atom stereocenters. The number of halogens is 2. The van der Waals surface area contributed by atoms with Crippen LogP contribution >= 0.6 is 45.9 Å². The number of ether oxygens (including phenoxy) is 2. The molecule has 0 spiro atoms. The van der Waals surface area contributed by atoms with Gasteiger partial charge >= 0.3 is 11.9 Å². The van der Waals surface area contributed by atoms with Gasteiger partial charge in [-0.05, 0) is 36.8 Å². The highest BCUT2D eigenvalue weighted by Gasteiger charge is 2.29. The van der Waals surface area contributed by atoms with Crippen molar-refractivity contribution in [1.29, 1.82) is 0 Å². The van der Waals surface area contributed by atoms with Crippen molar-refractivity contribution in [2.45, 2.75) is 6.92 Å². The van der Waals surface area contributed by atoms with Gasteiger partial charge in [0.2, 0.25) is 5.90 Å². The molecule has 5 aromatic rings. The van der Waals surface area contributed by atoms with Crippen LogP contribution in [0, 0.1) is 17.0 Å². The quantitative estimate of drug-likeness (QED) is 0.0654. The molecular formula is C28H14Cl2N2O6S2. The lowest BCUT2D eigenvalue weighted by molar-refractivity contribution is -0.384. The Morgan fingerprint density at radius 2 is 1.75 bits per heavy atom. The molecule has 0 N–H and O–H groups in total. The highest BCUT2D eigenvalue weighted by Crippen LogP contribution is 2.39. The number of aryl methyl sites for hydroxylation is 1. The minimum absolute atomic E-state index is 0.00964. The number of cyclic esters (lactones) is 1. The first-order chi connectivity index (χ1) is 19.2. The molecule has 0 radical (unpaired) electrons. The molecule has 3 aromatic carbocycles. The summed E-state index contributed by atoms with van der Waals surface area (Å²) in [5.74, 6) is -1.16. The van der Waals surface area contributed by atoms with Crippen LogP contribution in [0.25, 0.3) is 26.2 Å². The highest BCUT2D eigenvalue weighted by molar-refractivity contribution is 7.22. The van der Waals surface area contributed by atoms with Gasteiger partial charge in [-0.2, -0.15) is 0 Å². The predicted molar refractivity (Wildman–Crippen MR) is 157 cm³/mol. The Labute approximate surface area is 243 Å². The Bertz CT molecular complexity index is 1970. The third-order valence-corrected chi connectivity index (χ3v) is 9.31. The number of fused-ring (bicyclic) bond motifs is 2. The lowest BCUT2D eigenvalue weighted by Gasteiger charge is -2.07. The van der Waals surface area contributed by atoms with E-state index in [1.54, 1.807) is 24.3 Å². The summed E-state index contributed by atoms with van der Waals surface area (Å²) in [5, 5.41) is 13.1. The summed E-state index contributed by atoms with van der Waals surface area (Å²) < 4.78 is 12.5. The normalized spacial score (nSPS) is 14.1. The number of nitro groups is 1. The number of benzene rings is 3. The van der Waals surface area contributed by atoms with E-state index in [2.05, 4.69) is 4.99 Å². The molecule has 3 heterocycles. The Morgan fingerprint density at radius 3 is 2.55 bits per heavy atom. The van der Waals surface area contributed by atoms with E-state index in [4.69, 9.17) is 32.7 Å². The van der Waals surface area contributed by atoms with Crippen LogP contribution in [0.2, 0.25) is 10.0 Å². The Balaban J connectivity index is 1.31. The van der Waals surface area contributed by atoms with Crippen molar-refractivity contribution < 1.29 is 24.0 Å². The Morgan fingerprint density at radius 1 is 1.02 bits per heavy atom. The smallest absolute Gasteiger partial charge is 0.363 e. The Kier molecular flexibility index (Phi) is 6.63. The van der Waals surface area contributed by atoms with E-state index in [0.29, 0.717) is 25.5 Å². The maximum atomic E-state index is 13.1. The van der Waals surface area contributed by atoms with Gasteiger partial charge in [-0.3, -0.25) is 10.1 Å². The number of aliphatic imine (C=N–C) groups is 1. The number of non-ortho nitro benzene ring substituents is 1. The summed E-state index contributed by atoms with van der Waals surface area (Å²) in [4.78, 5) is 41.4. The zero-order valence-electron chi connectivity index (χ0n) is 20.3. The monoisotopic (exact) mass is 608 g/mol. The molecule has 6 rings (SSSR count). The van der Waals surface area contributed by atoms with Crippen LogP contribution in [0.4, 0.5) is 5.69 Å². The molecule has 0 saturated carbocycles. The van der Waals surface area contributed by atoms with Crippen LogP contribution < -0.4 is 4.74 Å². The van der Waals surface area contributed by atoms with Crippen molar-refractivity contribution in [1.82, 2.24) is 0 Å². The lowest BCUT2D eigenvalue weighted by atomic mass is 10.1. The number of nitrogens with zero attached hydrogens (tertiary/aromatic N) is 2. The van der Waals surface area contributed by atoms with Gasteiger partial charge < -0.3 is 9.47 Å². The zero-order valence-corrected chi connectivity index (χ0v) is 23.4. The van der Waals surface area contributed by atoms with Gasteiger partial charge in [0.05, 0.1) is 15.0 Å². The van der Waals surface area contributed by atoms with Crippen molar-refractivity contribution in [2.24, 2.45) is 4.99 Å². The van der Waals surface area contributed by atoms with Crippen LogP contribution in [0.5, 0.6) is 5.75 Å². The molecule has 2 aromatic heterocycles. The fraction of sp³-hybridized carbons (Fsp3) is 0.0357. The fourth-order valence-electron chi connectivity index (χ4n) is 4.10. The minimum atomic E-state index is -0.745. The maximum absolute atomic E-state index is 13.1. The second-order valence-corrected chi connectivity index (χ2v) is 11.6. The molecule has 1 aliphatic rings. The average Bonchev–Trinajstić information content (AvgIpc) is 3.57. The van der Waals surface area contributed by atoms with Gasteiger partial charge in [-0.15, -0.1) is 22.7 Å². The van der Waals surface area contributed by atoms with Crippen molar-refractivity contribution in [3.05, 3.63) is 107 Å². The second kappa shape index (κ2) is 10.1. The zero-order chi connectivity index (χ0) is 28.1. The van der Waals surface area contributed by atoms with E-state index < -0.39 is 16.9 Å². The summed E-state index contributed by atoms with van der Waals surface area (Å²) in [6, 6.07) is 16.6. The van der Waals surface area contributed by atoms with Crippen LogP contribution in [-0.2, 0) is 9.53 Å². The lowest BCUT2D eigenvalue weighted by Crippen LogP contribution is -2.08. The summed E-state index contributed by atoms with van der Waals surface area (Å²) in [6.07, 6.45) is 1.46. The Hall–Kier alpha value is -4.09. The standard InChI is InChI=1S/C28H14Cl2N2O6S2/c1-13-6-8-16-20(10-13)39-24(22(16)29)26-31-18(27(33)38-26)11-14-4-2-3-5-19(14)37-28(34)25-23(30)17-9-7-15(32(35)36)12-21(17)40-25/h2-12H,1H3/b18-11+. The van der Waals surface area contributed by atoms with E-state index in [0.717, 1.165) is 27.0 Å². The summed E-state index contributed by atoms with van der Waals surface area (Å²) in [5.41, 5.74) is 1.37. The third-order valence-electron chi connectivity index (χ3n) is 6.02. The predicted octanol–water partition coefficient (Wildman–Crippen LogP) is 8.20. The molecule has 0 amide bonds. The van der Waals surface area contributed by atoms with Crippen LogP contribution in [-0.4, -0.2) is 22.8 Å². The van der Waals surface area contributed by atoms with E-state index in [9.17, 15) is 19.7 Å². The highest BCUT2D eigenvalue weighted by atomic mass is 35.5. The molecule has 0 aliphatic carbocycles. The van der Waals surface area contributed by atoms with Gasteiger partial charge in [0.1, 0.15) is 15.5 Å². The molecule has 8 nitrogen and oxygen atoms in total. The molecule has 1 aliphatic heterocycles. The maximum Gasteiger partial charge on any atom is 0.363 e. The van der Waals surface area contributed by atoms with Crippen molar-refractivity contribution in [3.8, 4) is 5.75 Å². The number of hydrogen-bond acceptors (Lipinski definition) is 9. The van der Waals surface area contributed by atoms with Gasteiger partial charge in [-0.25, -0.2) is 14.6 Å². The number of hydrogen-bond donors (Lipinski definition) is 0. The van der Waals surface area contributed by atoms with Crippen LogP contribution in [0.1, 0.15) is 25.7 Å². The van der Waals surface area contributed by atoms with Gasteiger partial charge in [0.25, 0.3) is 5.69 Å². The molecular weight excluding hydrogens is 595 g/mol. The van der Waals surface area contributed by atoms with Crippen molar-refractivity contribution in [2.75, 3.05) is 0 Å². The molecule has 0 fully saturated rings. The molecule has 0 bridgehead atoms. The molecule has 40 heavy (non-hydrogen) atoms. The number of carbonyl (C=O) groups is 2. The largest absolute Gasteiger partial charge is 0.422 e. The molecule has 0 atom stereocenters. The molecule has 12 heteroatoms. The summed E-state index contributed by atoms with van der Waals surface area (Å²) in [7, 11) is 0. The first-order valence-corrected chi connectivity index (χ1v) is 14.0. The van der Waals surface area contributed by atoms with Crippen molar-refractivity contribution in [3.63, 3.8) is 0 Å². The number of para-hydroxylation sites is 1. The number of thiophene rings is 2. The van der Waals surface area contributed by atoms with E-state index in [-0.39, 0.29) is 32.9 Å². The average molecular weight is 609 g/mol. The van der Waals surface area contributed by atoms with E-state index in [1.165, 1.54) is 35.6 Å². The molecule has 0 saturated heterocycles. The summed E-state index contributed by atoms with van der Waals surface area (Å²) in [6.45, 7) is 1.98. The first kappa shape index (κ1) is 26.1. The van der Waals surface area contributed by atoms with E-state index >= 15 is 0 Å². The van der Waals surface area contributed by atoms with E-state index in [1.807, 2.05) is 25.1 Å². The first-order valence-electron chi connectivity index (χ1n) is 11.6. The number of nitro benzene ring substituents is 1. The fourth-order valence-corrected chi connectivity index (χ4v) is 7.06. The summed E-state index contributed by atoms with van der Waals surface area (Å²) >= 11 is 15.3. The van der Waals surface area contributed by atoms with Gasteiger partial charge in [-0.1, -0.05) is 53.5 Å². The number of carbonyl (C=O) groups excluding carboxylic acids is 2. The SMILES string of the molecule is Cc1ccc2c(Cl)c(C3=N/C(=C/c4ccccc4OC(=O)c4sc5cc([N+](=O)[O-])ccc5c4Cl)C(=O)O3)sc2c1. The topological polar surface area (TPSA) is 108 Å².